The highest BCUT2D eigenvalue weighted by molar-refractivity contribution is 8.00. The average Bonchev–Trinajstić information content (AvgIpc) is 3.12. The fraction of sp³-hybridized carbons (Fsp3) is 0.100. The number of halogens is 1. The molecule has 0 amide bonds. The zero-order chi connectivity index (χ0) is 18.8. The summed E-state index contributed by atoms with van der Waals surface area (Å²) in [5, 5.41) is 6.63. The number of rotatable bonds is 5. The molecule has 2 heterocycles. The highest BCUT2D eigenvalue weighted by atomic mass is 35.5. The van der Waals surface area contributed by atoms with Crippen LogP contribution in [-0.4, -0.2) is 31.3 Å². The summed E-state index contributed by atoms with van der Waals surface area (Å²) in [5.74, 6) is 0.304. The molecular weight excluding hydrogens is 380 g/mol. The van der Waals surface area contributed by atoms with Crippen LogP contribution in [0.3, 0.4) is 0 Å². The van der Waals surface area contributed by atoms with Crippen LogP contribution in [0.5, 0.6) is 0 Å². The minimum Gasteiger partial charge on any atom is -0.293 e. The van der Waals surface area contributed by atoms with Gasteiger partial charge in [0, 0.05) is 10.6 Å². The highest BCUT2D eigenvalue weighted by Gasteiger charge is 2.14. The van der Waals surface area contributed by atoms with E-state index in [4.69, 9.17) is 11.6 Å². The quantitative estimate of drug-likeness (QED) is 0.277. The van der Waals surface area contributed by atoms with Gasteiger partial charge in [-0.05, 0) is 43.3 Å². The molecule has 2 aromatic heterocycles. The van der Waals surface area contributed by atoms with Crippen LogP contribution in [0.1, 0.15) is 15.9 Å². The van der Waals surface area contributed by atoms with E-state index < -0.39 is 0 Å². The molecule has 134 valence electrons. The molecule has 0 unspecified atom stereocenters. The number of carbonyl (C=O) groups is 1. The Bertz CT molecular complexity index is 1110. The lowest BCUT2D eigenvalue weighted by Crippen LogP contribution is -2.02. The van der Waals surface area contributed by atoms with E-state index in [1.54, 1.807) is 35.1 Å². The molecule has 4 rings (SSSR count). The first-order valence-electron chi connectivity index (χ1n) is 8.29. The molecule has 2 aromatic carbocycles. The maximum atomic E-state index is 12.4. The van der Waals surface area contributed by atoms with Gasteiger partial charge in [0.05, 0.1) is 23.0 Å². The van der Waals surface area contributed by atoms with Gasteiger partial charge in [0.15, 0.2) is 11.4 Å². The molecule has 4 aromatic rings. The average molecular weight is 395 g/mol. The van der Waals surface area contributed by atoms with Crippen LogP contribution in [0, 0.1) is 6.92 Å². The molecule has 0 saturated heterocycles. The van der Waals surface area contributed by atoms with E-state index in [9.17, 15) is 4.79 Å². The number of hydrogen-bond acceptors (Lipinski definition) is 5. The van der Waals surface area contributed by atoms with Gasteiger partial charge in [0.2, 0.25) is 0 Å². The Morgan fingerprint density at radius 1 is 1.07 bits per heavy atom. The largest absolute Gasteiger partial charge is 0.293 e. The number of aromatic nitrogens is 4. The maximum absolute atomic E-state index is 12.4. The number of hydrogen-bond donors (Lipinski definition) is 0. The van der Waals surface area contributed by atoms with Gasteiger partial charge in [-0.15, -0.1) is 0 Å². The first-order valence-corrected chi connectivity index (χ1v) is 9.65. The normalized spacial score (nSPS) is 11.0. The third kappa shape index (κ3) is 3.72. The van der Waals surface area contributed by atoms with E-state index in [1.165, 1.54) is 23.7 Å². The molecule has 0 radical (unpaired) electrons. The van der Waals surface area contributed by atoms with Crippen molar-refractivity contribution < 1.29 is 4.79 Å². The second kappa shape index (κ2) is 7.50. The van der Waals surface area contributed by atoms with Crippen molar-refractivity contribution in [1.29, 1.82) is 0 Å². The number of thioether (sulfide) groups is 1. The maximum Gasteiger partial charge on any atom is 0.173 e. The van der Waals surface area contributed by atoms with Crippen LogP contribution < -0.4 is 0 Å². The summed E-state index contributed by atoms with van der Waals surface area (Å²) >= 11 is 7.25. The van der Waals surface area contributed by atoms with Gasteiger partial charge >= 0.3 is 0 Å². The predicted octanol–water partition coefficient (Wildman–Crippen LogP) is 4.75. The van der Waals surface area contributed by atoms with Crippen molar-refractivity contribution >= 4 is 40.2 Å². The van der Waals surface area contributed by atoms with Gasteiger partial charge in [0.25, 0.3) is 0 Å². The van der Waals surface area contributed by atoms with Crippen molar-refractivity contribution in [2.75, 3.05) is 5.75 Å². The van der Waals surface area contributed by atoms with E-state index in [-0.39, 0.29) is 11.5 Å². The van der Waals surface area contributed by atoms with Crippen LogP contribution in [0.25, 0.3) is 16.7 Å². The van der Waals surface area contributed by atoms with E-state index in [0.29, 0.717) is 10.6 Å². The molecule has 0 aliphatic heterocycles. The first kappa shape index (κ1) is 17.7. The number of aryl methyl sites for hydroxylation is 1. The van der Waals surface area contributed by atoms with Gasteiger partial charge < -0.3 is 0 Å². The lowest BCUT2D eigenvalue weighted by Gasteiger charge is -2.05. The Balaban J connectivity index is 1.58. The molecule has 0 aliphatic rings. The van der Waals surface area contributed by atoms with E-state index in [2.05, 4.69) is 15.1 Å². The predicted molar refractivity (Wildman–Crippen MR) is 108 cm³/mol. The number of benzene rings is 2. The molecule has 0 atom stereocenters. The van der Waals surface area contributed by atoms with Gasteiger partial charge in [0.1, 0.15) is 11.4 Å². The van der Waals surface area contributed by atoms with Crippen LogP contribution >= 0.6 is 23.4 Å². The summed E-state index contributed by atoms with van der Waals surface area (Å²) < 4.78 is 1.78. The molecule has 0 aliphatic carbocycles. The molecule has 7 heteroatoms. The van der Waals surface area contributed by atoms with E-state index in [1.807, 2.05) is 31.2 Å². The van der Waals surface area contributed by atoms with Gasteiger partial charge in [-0.25, -0.2) is 14.6 Å². The van der Waals surface area contributed by atoms with Crippen molar-refractivity contribution in [3.63, 3.8) is 0 Å². The smallest absolute Gasteiger partial charge is 0.173 e. The second-order valence-electron chi connectivity index (χ2n) is 6.03. The lowest BCUT2D eigenvalue weighted by atomic mass is 10.1. The summed E-state index contributed by atoms with van der Waals surface area (Å²) in [6, 6.07) is 15.0. The monoisotopic (exact) mass is 394 g/mol. The van der Waals surface area contributed by atoms with Crippen LogP contribution in [0.15, 0.2) is 66.1 Å². The molecule has 0 bridgehead atoms. The fourth-order valence-electron chi connectivity index (χ4n) is 2.67. The third-order valence-corrected chi connectivity index (χ3v) is 5.37. The topological polar surface area (TPSA) is 60.7 Å². The molecule has 27 heavy (non-hydrogen) atoms. The van der Waals surface area contributed by atoms with Crippen molar-refractivity contribution in [3.05, 3.63) is 77.2 Å². The molecule has 5 nitrogen and oxygen atoms in total. The van der Waals surface area contributed by atoms with Crippen molar-refractivity contribution in [1.82, 2.24) is 19.7 Å². The SMILES string of the molecule is Cc1ccc(-n2ncc3c(SCC(=O)c4ccc(Cl)cc4)ncnc32)cc1. The number of nitrogens with zero attached hydrogens (tertiary/aromatic N) is 4. The Labute approximate surface area is 165 Å². The minimum absolute atomic E-state index is 0.0226. The molecule has 0 fully saturated rings. The number of fused-ring (bicyclic) bond motifs is 1. The van der Waals surface area contributed by atoms with Gasteiger partial charge in [-0.1, -0.05) is 41.1 Å². The zero-order valence-corrected chi connectivity index (χ0v) is 16.0. The van der Waals surface area contributed by atoms with Crippen molar-refractivity contribution in [2.24, 2.45) is 0 Å². The minimum atomic E-state index is 0.0226. The summed E-state index contributed by atoms with van der Waals surface area (Å²) in [7, 11) is 0. The van der Waals surface area contributed by atoms with Crippen molar-refractivity contribution in [2.45, 2.75) is 11.9 Å². The molecule has 0 saturated carbocycles. The molecule has 0 N–H and O–H groups in total. The lowest BCUT2D eigenvalue weighted by molar-refractivity contribution is 0.102. The number of Topliss-reactive ketones (excluding diaryl/α,β-unsaturated/α-hetero) is 1. The standard InChI is InChI=1S/C20H15ClN4OS/c1-13-2-8-16(9-3-13)25-19-17(10-24-25)20(23-12-22-19)27-11-18(26)14-4-6-15(21)7-5-14/h2-10,12H,11H2,1H3. The Kier molecular flexibility index (Phi) is 4.92. The summed E-state index contributed by atoms with van der Waals surface area (Å²) in [6.45, 7) is 2.04. The van der Waals surface area contributed by atoms with E-state index in [0.717, 1.165) is 21.7 Å². The fourth-order valence-corrected chi connectivity index (χ4v) is 3.65. The van der Waals surface area contributed by atoms with Crippen molar-refractivity contribution in [3.8, 4) is 5.69 Å². The van der Waals surface area contributed by atoms with Crippen LogP contribution in [-0.2, 0) is 0 Å². The second-order valence-corrected chi connectivity index (χ2v) is 7.43. The summed E-state index contributed by atoms with van der Waals surface area (Å²) in [4.78, 5) is 21.1. The zero-order valence-electron chi connectivity index (χ0n) is 14.5. The van der Waals surface area contributed by atoms with Gasteiger partial charge in [-0.2, -0.15) is 5.10 Å². The van der Waals surface area contributed by atoms with E-state index >= 15 is 0 Å². The first-order chi connectivity index (χ1) is 13.1. The highest BCUT2D eigenvalue weighted by Crippen LogP contribution is 2.26. The third-order valence-electron chi connectivity index (χ3n) is 4.11. The Hall–Kier alpha value is -2.70. The van der Waals surface area contributed by atoms with Crippen LogP contribution in [0.2, 0.25) is 5.02 Å². The van der Waals surface area contributed by atoms with Crippen LogP contribution in [0.4, 0.5) is 0 Å². The Morgan fingerprint density at radius 2 is 1.81 bits per heavy atom. The summed E-state index contributed by atoms with van der Waals surface area (Å²) in [6.07, 6.45) is 3.24. The Morgan fingerprint density at radius 3 is 2.56 bits per heavy atom. The number of ketones is 1. The molecular formula is C20H15ClN4OS. The number of carbonyl (C=O) groups excluding carboxylic acids is 1. The summed E-state index contributed by atoms with van der Waals surface area (Å²) in [5.41, 5.74) is 3.46. The van der Waals surface area contributed by atoms with Gasteiger partial charge in [-0.3, -0.25) is 4.79 Å². The molecule has 0 spiro atoms.